The Kier molecular flexibility index (Phi) is 4.45. The van der Waals surface area contributed by atoms with Crippen LogP contribution in [0, 0.1) is 5.92 Å². The molecule has 0 N–H and O–H groups in total. The van der Waals surface area contributed by atoms with Gasteiger partial charge in [0, 0.05) is 13.7 Å². The van der Waals surface area contributed by atoms with Gasteiger partial charge in [0.1, 0.15) is 0 Å². The summed E-state index contributed by atoms with van der Waals surface area (Å²) in [5.41, 5.74) is 0. The highest BCUT2D eigenvalue weighted by Gasteiger charge is 2.23. The summed E-state index contributed by atoms with van der Waals surface area (Å²) in [6.07, 6.45) is 11.5. The van der Waals surface area contributed by atoms with Gasteiger partial charge in [0.05, 0.1) is 12.2 Å². The Hall–Kier alpha value is -0.0800. The van der Waals surface area contributed by atoms with Crippen LogP contribution in [0.1, 0.15) is 51.4 Å². The molecule has 2 unspecified atom stereocenters. The molecule has 2 nitrogen and oxygen atoms in total. The van der Waals surface area contributed by atoms with E-state index in [0.717, 1.165) is 12.5 Å². The van der Waals surface area contributed by atoms with Gasteiger partial charge in [-0.3, -0.25) is 0 Å². The van der Waals surface area contributed by atoms with Crippen molar-refractivity contribution in [3.63, 3.8) is 0 Å². The van der Waals surface area contributed by atoms with Crippen LogP contribution in [0.2, 0.25) is 0 Å². The fraction of sp³-hybridized carbons (Fsp3) is 1.00. The zero-order valence-electron chi connectivity index (χ0n) is 9.91. The van der Waals surface area contributed by atoms with Gasteiger partial charge in [-0.05, 0) is 38.0 Å². The fourth-order valence-electron chi connectivity index (χ4n) is 2.93. The van der Waals surface area contributed by atoms with Crippen molar-refractivity contribution in [2.24, 2.45) is 5.92 Å². The van der Waals surface area contributed by atoms with Crippen molar-refractivity contribution in [3.8, 4) is 0 Å². The highest BCUT2D eigenvalue weighted by Crippen LogP contribution is 2.28. The second-order valence-corrected chi connectivity index (χ2v) is 5.13. The third-order valence-corrected chi connectivity index (χ3v) is 3.94. The highest BCUT2D eigenvalue weighted by molar-refractivity contribution is 4.74. The molecule has 0 amide bonds. The van der Waals surface area contributed by atoms with Crippen molar-refractivity contribution >= 4 is 0 Å². The van der Waals surface area contributed by atoms with E-state index in [4.69, 9.17) is 9.47 Å². The monoisotopic (exact) mass is 212 g/mol. The van der Waals surface area contributed by atoms with Gasteiger partial charge in [-0.15, -0.1) is 0 Å². The average Bonchev–Trinajstić information content (AvgIpc) is 2.79. The second kappa shape index (κ2) is 5.86. The molecule has 0 aromatic rings. The normalized spacial score (nSPS) is 33.4. The molecule has 0 radical (unpaired) electrons. The van der Waals surface area contributed by atoms with Crippen molar-refractivity contribution in [2.75, 3.05) is 13.7 Å². The molecule has 0 bridgehead atoms. The Bertz CT molecular complexity index is 175. The van der Waals surface area contributed by atoms with Crippen LogP contribution in [0.5, 0.6) is 0 Å². The summed E-state index contributed by atoms with van der Waals surface area (Å²) in [6, 6.07) is 0. The molecule has 2 fully saturated rings. The number of hydrogen-bond donors (Lipinski definition) is 0. The van der Waals surface area contributed by atoms with Gasteiger partial charge in [-0.2, -0.15) is 0 Å². The van der Waals surface area contributed by atoms with E-state index in [1.807, 2.05) is 7.11 Å². The number of ether oxygens (including phenoxy) is 2. The van der Waals surface area contributed by atoms with Gasteiger partial charge in [-0.25, -0.2) is 0 Å². The van der Waals surface area contributed by atoms with Gasteiger partial charge in [0.25, 0.3) is 0 Å². The summed E-state index contributed by atoms with van der Waals surface area (Å²) >= 11 is 0. The van der Waals surface area contributed by atoms with E-state index >= 15 is 0 Å². The zero-order chi connectivity index (χ0) is 10.5. The summed E-state index contributed by atoms with van der Waals surface area (Å²) in [5, 5.41) is 0. The molecule has 2 rings (SSSR count). The molecule has 0 aromatic carbocycles. The Balaban J connectivity index is 1.65. The van der Waals surface area contributed by atoms with Gasteiger partial charge < -0.3 is 9.47 Å². The summed E-state index contributed by atoms with van der Waals surface area (Å²) in [7, 11) is 1.84. The van der Waals surface area contributed by atoms with E-state index in [1.165, 1.54) is 51.4 Å². The van der Waals surface area contributed by atoms with Crippen molar-refractivity contribution in [2.45, 2.75) is 63.6 Å². The first kappa shape index (κ1) is 11.4. The van der Waals surface area contributed by atoms with Crippen molar-refractivity contribution < 1.29 is 9.47 Å². The van der Waals surface area contributed by atoms with Crippen molar-refractivity contribution in [1.29, 1.82) is 0 Å². The first-order valence-corrected chi connectivity index (χ1v) is 6.53. The summed E-state index contributed by atoms with van der Waals surface area (Å²) in [4.78, 5) is 0. The van der Waals surface area contributed by atoms with Crippen LogP contribution in [0.15, 0.2) is 0 Å². The Labute approximate surface area is 93.3 Å². The minimum Gasteiger partial charge on any atom is -0.381 e. The molecule has 2 atom stereocenters. The van der Waals surface area contributed by atoms with E-state index < -0.39 is 0 Å². The molecule has 0 saturated heterocycles. The first-order valence-electron chi connectivity index (χ1n) is 6.53. The van der Waals surface area contributed by atoms with Gasteiger partial charge in [0.15, 0.2) is 0 Å². The third-order valence-electron chi connectivity index (χ3n) is 3.94. The highest BCUT2D eigenvalue weighted by atomic mass is 16.5. The van der Waals surface area contributed by atoms with Gasteiger partial charge in [-0.1, -0.05) is 19.3 Å². The van der Waals surface area contributed by atoms with Crippen molar-refractivity contribution in [3.05, 3.63) is 0 Å². The molecule has 2 saturated carbocycles. The Morgan fingerprint density at radius 2 is 1.67 bits per heavy atom. The number of methoxy groups -OCH3 is 1. The predicted octanol–water partition coefficient (Wildman–Crippen LogP) is 3.15. The SMILES string of the molecule is COC1CCCC(COC2CCCC2)C1. The first-order chi connectivity index (χ1) is 7.38. The van der Waals surface area contributed by atoms with Crippen LogP contribution in [0.4, 0.5) is 0 Å². The molecule has 2 aliphatic rings. The lowest BCUT2D eigenvalue weighted by Gasteiger charge is -2.28. The zero-order valence-corrected chi connectivity index (χ0v) is 9.91. The average molecular weight is 212 g/mol. The summed E-state index contributed by atoms with van der Waals surface area (Å²) in [6.45, 7) is 0.977. The maximum absolute atomic E-state index is 5.98. The second-order valence-electron chi connectivity index (χ2n) is 5.13. The lowest BCUT2D eigenvalue weighted by Crippen LogP contribution is -2.26. The molecular weight excluding hydrogens is 188 g/mol. The van der Waals surface area contributed by atoms with Crippen LogP contribution in [-0.4, -0.2) is 25.9 Å². The largest absolute Gasteiger partial charge is 0.381 e. The van der Waals surface area contributed by atoms with Gasteiger partial charge in [0.2, 0.25) is 0 Å². The number of hydrogen-bond acceptors (Lipinski definition) is 2. The quantitative estimate of drug-likeness (QED) is 0.712. The summed E-state index contributed by atoms with van der Waals surface area (Å²) in [5.74, 6) is 0.754. The molecule has 2 aliphatic carbocycles. The molecule has 15 heavy (non-hydrogen) atoms. The molecule has 0 heterocycles. The van der Waals surface area contributed by atoms with Crippen molar-refractivity contribution in [1.82, 2.24) is 0 Å². The maximum atomic E-state index is 5.98. The molecule has 0 spiro atoms. The van der Waals surface area contributed by atoms with E-state index in [1.54, 1.807) is 0 Å². The molecule has 0 aromatic heterocycles. The summed E-state index contributed by atoms with van der Waals surface area (Å²) < 4.78 is 11.4. The van der Waals surface area contributed by atoms with E-state index in [9.17, 15) is 0 Å². The van der Waals surface area contributed by atoms with Crippen LogP contribution >= 0.6 is 0 Å². The molecular formula is C13H24O2. The smallest absolute Gasteiger partial charge is 0.0575 e. The van der Waals surface area contributed by atoms with E-state index in [-0.39, 0.29) is 0 Å². The standard InChI is InChI=1S/C13H24O2/c1-14-13-8-4-5-11(9-13)10-15-12-6-2-3-7-12/h11-13H,2-10H2,1H3. The van der Waals surface area contributed by atoms with Crippen LogP contribution in [0.25, 0.3) is 0 Å². The minimum absolute atomic E-state index is 0.496. The Morgan fingerprint density at radius 3 is 2.40 bits per heavy atom. The van der Waals surface area contributed by atoms with Crippen LogP contribution in [-0.2, 0) is 9.47 Å². The van der Waals surface area contributed by atoms with Gasteiger partial charge >= 0.3 is 0 Å². The lowest BCUT2D eigenvalue weighted by molar-refractivity contribution is -0.00789. The van der Waals surface area contributed by atoms with E-state index in [0.29, 0.717) is 12.2 Å². The Morgan fingerprint density at radius 1 is 0.933 bits per heavy atom. The molecule has 2 heteroatoms. The predicted molar refractivity (Wildman–Crippen MR) is 61.0 cm³/mol. The number of rotatable bonds is 4. The lowest BCUT2D eigenvalue weighted by atomic mass is 9.88. The van der Waals surface area contributed by atoms with Crippen LogP contribution in [0.3, 0.4) is 0 Å². The van der Waals surface area contributed by atoms with Crippen LogP contribution < -0.4 is 0 Å². The minimum atomic E-state index is 0.496. The molecule has 0 aliphatic heterocycles. The maximum Gasteiger partial charge on any atom is 0.0575 e. The fourth-order valence-corrected chi connectivity index (χ4v) is 2.93. The molecule has 88 valence electrons. The third kappa shape index (κ3) is 3.46. The van der Waals surface area contributed by atoms with E-state index in [2.05, 4.69) is 0 Å². The topological polar surface area (TPSA) is 18.5 Å².